The van der Waals surface area contributed by atoms with Gasteiger partial charge in [0.05, 0.1) is 6.20 Å². The minimum absolute atomic E-state index is 0.823. The van der Waals surface area contributed by atoms with E-state index in [1.807, 2.05) is 12.1 Å². The highest BCUT2D eigenvalue weighted by Crippen LogP contribution is 1.86. The van der Waals surface area contributed by atoms with Crippen LogP contribution in [0.1, 0.15) is 6.04 Å². The lowest BCUT2D eigenvalue weighted by Gasteiger charge is -1.88. The molecule has 0 bridgehead atoms. The maximum Gasteiger partial charge on any atom is 0.353 e. The molecule has 0 radical (unpaired) electrons. The molecule has 0 aromatic carbocycles. The van der Waals surface area contributed by atoms with Crippen molar-refractivity contribution >= 4 is 0 Å². The van der Waals surface area contributed by atoms with E-state index in [9.17, 15) is 0 Å². The molecule has 0 amide bonds. The van der Waals surface area contributed by atoms with Crippen molar-refractivity contribution < 1.29 is 4.68 Å². The minimum atomic E-state index is -0.823. The van der Waals surface area contributed by atoms with Gasteiger partial charge in [0.1, 0.15) is 0 Å². The van der Waals surface area contributed by atoms with Gasteiger partial charge in [-0.25, -0.2) is 0 Å². The molecular formula is C7H5N4+. The van der Waals surface area contributed by atoms with Gasteiger partial charge in [0, 0.05) is 6.07 Å². The summed E-state index contributed by atoms with van der Waals surface area (Å²) >= 11 is 0. The predicted molar refractivity (Wildman–Crippen MR) is 34.7 cm³/mol. The fourth-order valence-corrected chi connectivity index (χ4v) is 0.641. The van der Waals surface area contributed by atoms with Crippen LogP contribution in [-0.4, -0.2) is 5.10 Å². The third kappa shape index (κ3) is 1.50. The van der Waals surface area contributed by atoms with E-state index >= 15 is 0 Å². The van der Waals surface area contributed by atoms with Crippen LogP contribution in [0.15, 0.2) is 24.5 Å². The van der Waals surface area contributed by atoms with Gasteiger partial charge in [0.2, 0.25) is 0 Å². The SMILES string of the molecule is N#CC(C#N)[n+]1ccccn1. The first kappa shape index (κ1) is 7.17. The van der Waals surface area contributed by atoms with Crippen LogP contribution in [0.4, 0.5) is 0 Å². The molecule has 1 rings (SSSR count). The summed E-state index contributed by atoms with van der Waals surface area (Å²) in [6.07, 6.45) is 3.11. The fourth-order valence-electron chi connectivity index (χ4n) is 0.641. The molecule has 0 aliphatic carbocycles. The average Bonchev–Trinajstić information content (AvgIpc) is 2.09. The molecule has 0 atom stereocenters. The zero-order valence-corrected chi connectivity index (χ0v) is 5.68. The first-order valence-corrected chi connectivity index (χ1v) is 3.00. The van der Waals surface area contributed by atoms with Gasteiger partial charge in [0.15, 0.2) is 18.3 Å². The van der Waals surface area contributed by atoms with Crippen LogP contribution in [0.2, 0.25) is 0 Å². The molecular weight excluding hydrogens is 140 g/mol. The highest BCUT2D eigenvalue weighted by molar-refractivity contribution is 4.95. The van der Waals surface area contributed by atoms with Crippen molar-refractivity contribution in [2.45, 2.75) is 6.04 Å². The molecule has 1 aromatic heterocycles. The van der Waals surface area contributed by atoms with Crippen molar-refractivity contribution in [1.29, 1.82) is 10.5 Å². The highest BCUT2D eigenvalue weighted by Gasteiger charge is 2.16. The summed E-state index contributed by atoms with van der Waals surface area (Å²) in [5.74, 6) is 0. The van der Waals surface area contributed by atoms with Gasteiger partial charge >= 0.3 is 6.04 Å². The smallest absolute Gasteiger partial charge is 0.190 e. The summed E-state index contributed by atoms with van der Waals surface area (Å²) in [5, 5.41) is 20.7. The standard InChI is InChI=1S/C7H5N4/c8-5-7(6-9)11-4-2-1-3-10-11/h1-4,7H/q+1. The molecule has 0 saturated heterocycles. The molecule has 0 unspecified atom stereocenters. The van der Waals surface area contributed by atoms with Gasteiger partial charge in [-0.05, 0) is 11.2 Å². The Hall–Kier alpha value is -1.94. The third-order valence-electron chi connectivity index (χ3n) is 1.15. The predicted octanol–water partition coefficient (Wildman–Crippen LogP) is -0.0426. The molecule has 0 spiro atoms. The summed E-state index contributed by atoms with van der Waals surface area (Å²) in [6.45, 7) is 0. The lowest BCUT2D eigenvalue weighted by Crippen LogP contribution is -2.40. The average molecular weight is 145 g/mol. The Balaban J connectivity index is 2.96. The van der Waals surface area contributed by atoms with Crippen molar-refractivity contribution in [3.8, 4) is 12.1 Å². The van der Waals surface area contributed by atoms with Crippen LogP contribution in [0, 0.1) is 22.7 Å². The number of hydrogen-bond donors (Lipinski definition) is 0. The molecule has 1 aromatic rings. The molecule has 11 heavy (non-hydrogen) atoms. The van der Waals surface area contributed by atoms with Gasteiger partial charge in [-0.15, -0.1) is 0 Å². The Morgan fingerprint density at radius 3 is 2.45 bits per heavy atom. The van der Waals surface area contributed by atoms with E-state index in [1.54, 1.807) is 18.3 Å². The van der Waals surface area contributed by atoms with Crippen LogP contribution in [0.3, 0.4) is 0 Å². The summed E-state index contributed by atoms with van der Waals surface area (Å²) in [4.78, 5) is 0. The molecule has 1 heterocycles. The van der Waals surface area contributed by atoms with E-state index in [4.69, 9.17) is 10.5 Å². The van der Waals surface area contributed by atoms with Crippen molar-refractivity contribution in [2.24, 2.45) is 0 Å². The Kier molecular flexibility index (Phi) is 2.14. The monoisotopic (exact) mass is 145 g/mol. The molecule has 0 N–H and O–H groups in total. The molecule has 0 aliphatic heterocycles. The third-order valence-corrected chi connectivity index (χ3v) is 1.15. The Bertz CT molecular complexity index is 291. The van der Waals surface area contributed by atoms with Crippen LogP contribution >= 0.6 is 0 Å². The van der Waals surface area contributed by atoms with Crippen molar-refractivity contribution in [3.63, 3.8) is 0 Å². The van der Waals surface area contributed by atoms with Crippen LogP contribution in [-0.2, 0) is 0 Å². The Morgan fingerprint density at radius 2 is 2.00 bits per heavy atom. The van der Waals surface area contributed by atoms with Gasteiger partial charge in [0.25, 0.3) is 0 Å². The van der Waals surface area contributed by atoms with Crippen LogP contribution in [0.5, 0.6) is 0 Å². The number of hydrogen-bond acceptors (Lipinski definition) is 3. The van der Waals surface area contributed by atoms with Crippen molar-refractivity contribution in [1.82, 2.24) is 5.10 Å². The minimum Gasteiger partial charge on any atom is -0.190 e. The summed E-state index contributed by atoms with van der Waals surface area (Å²) in [7, 11) is 0. The topological polar surface area (TPSA) is 64.3 Å². The normalized spacial score (nSPS) is 8.64. The lowest BCUT2D eigenvalue weighted by molar-refractivity contribution is -0.754. The first-order chi connectivity index (χ1) is 5.38. The summed E-state index contributed by atoms with van der Waals surface area (Å²) < 4.78 is 1.31. The Labute approximate surface area is 63.9 Å². The fraction of sp³-hybridized carbons (Fsp3) is 0.143. The molecule has 52 valence electrons. The Morgan fingerprint density at radius 1 is 1.27 bits per heavy atom. The molecule has 4 nitrogen and oxygen atoms in total. The lowest BCUT2D eigenvalue weighted by atomic mass is 10.4. The van der Waals surface area contributed by atoms with Gasteiger partial charge < -0.3 is 0 Å². The maximum atomic E-state index is 8.45. The van der Waals surface area contributed by atoms with Gasteiger partial charge in [-0.1, -0.05) is 4.68 Å². The second-order valence-corrected chi connectivity index (χ2v) is 1.84. The van der Waals surface area contributed by atoms with Crippen LogP contribution in [0.25, 0.3) is 0 Å². The van der Waals surface area contributed by atoms with E-state index in [0.29, 0.717) is 0 Å². The van der Waals surface area contributed by atoms with E-state index < -0.39 is 6.04 Å². The quantitative estimate of drug-likeness (QED) is 0.521. The zero-order chi connectivity index (χ0) is 8.10. The molecule has 4 heteroatoms. The molecule has 0 aliphatic rings. The van der Waals surface area contributed by atoms with E-state index in [-0.39, 0.29) is 0 Å². The highest BCUT2D eigenvalue weighted by atomic mass is 15.3. The molecule has 0 fully saturated rings. The van der Waals surface area contributed by atoms with Gasteiger partial charge in [-0.3, -0.25) is 0 Å². The van der Waals surface area contributed by atoms with E-state index in [0.717, 1.165) is 0 Å². The van der Waals surface area contributed by atoms with Gasteiger partial charge in [-0.2, -0.15) is 10.5 Å². The largest absolute Gasteiger partial charge is 0.353 e. The molecule has 0 saturated carbocycles. The van der Waals surface area contributed by atoms with Crippen molar-refractivity contribution in [2.75, 3.05) is 0 Å². The number of rotatable bonds is 1. The van der Waals surface area contributed by atoms with E-state index in [2.05, 4.69) is 5.10 Å². The maximum absolute atomic E-state index is 8.45. The number of nitriles is 2. The summed E-state index contributed by atoms with van der Waals surface area (Å²) in [5.41, 5.74) is 0. The second-order valence-electron chi connectivity index (χ2n) is 1.84. The summed E-state index contributed by atoms with van der Waals surface area (Å²) in [6, 6.07) is 6.23. The zero-order valence-electron chi connectivity index (χ0n) is 5.68. The second kappa shape index (κ2) is 3.28. The first-order valence-electron chi connectivity index (χ1n) is 3.00. The number of nitrogens with zero attached hydrogens (tertiary/aromatic N) is 4. The van der Waals surface area contributed by atoms with Crippen LogP contribution < -0.4 is 4.68 Å². The van der Waals surface area contributed by atoms with E-state index in [1.165, 1.54) is 10.9 Å². The van der Waals surface area contributed by atoms with Crippen molar-refractivity contribution in [3.05, 3.63) is 24.5 Å². The number of aromatic nitrogens is 2.